The van der Waals surface area contributed by atoms with Crippen LogP contribution in [0.3, 0.4) is 0 Å². The summed E-state index contributed by atoms with van der Waals surface area (Å²) in [6.07, 6.45) is 2.43. The van der Waals surface area contributed by atoms with Gasteiger partial charge in [-0.1, -0.05) is 0 Å². The van der Waals surface area contributed by atoms with Gasteiger partial charge in [0.1, 0.15) is 0 Å². The SMILES string of the molecule is CN.CNC1CC(C)(C)NC(C)(C)C1. The first-order chi connectivity index (χ1) is 6.35. The molecule has 3 heteroatoms. The Hall–Kier alpha value is -0.120. The molecule has 0 aromatic rings. The van der Waals surface area contributed by atoms with Crippen molar-refractivity contribution in [2.45, 2.75) is 57.7 Å². The summed E-state index contributed by atoms with van der Waals surface area (Å²) in [5, 5.41) is 7.03. The quantitative estimate of drug-likeness (QED) is 0.595. The van der Waals surface area contributed by atoms with Gasteiger partial charge >= 0.3 is 0 Å². The molecule has 4 N–H and O–H groups in total. The summed E-state index contributed by atoms with van der Waals surface area (Å²) in [7, 11) is 3.56. The predicted octanol–water partition coefficient (Wildman–Crippen LogP) is 1.09. The van der Waals surface area contributed by atoms with E-state index in [1.807, 2.05) is 0 Å². The molecule has 0 bridgehead atoms. The molecule has 1 fully saturated rings. The maximum absolute atomic E-state index is 4.50. The molecule has 0 aliphatic carbocycles. The zero-order chi connectivity index (χ0) is 11.4. The van der Waals surface area contributed by atoms with E-state index in [4.69, 9.17) is 0 Å². The minimum Gasteiger partial charge on any atom is -0.333 e. The molecule has 0 radical (unpaired) electrons. The van der Waals surface area contributed by atoms with Crippen LogP contribution < -0.4 is 16.4 Å². The summed E-state index contributed by atoms with van der Waals surface area (Å²) in [6.45, 7) is 9.10. The zero-order valence-electron chi connectivity index (χ0n) is 10.6. The third-order valence-corrected chi connectivity index (χ3v) is 2.60. The van der Waals surface area contributed by atoms with Gasteiger partial charge in [0.05, 0.1) is 0 Å². The fourth-order valence-electron chi connectivity index (χ4n) is 2.53. The van der Waals surface area contributed by atoms with Crippen LogP contribution in [0.25, 0.3) is 0 Å². The van der Waals surface area contributed by atoms with E-state index < -0.39 is 0 Å². The number of piperidine rings is 1. The van der Waals surface area contributed by atoms with Crippen LogP contribution in [0.2, 0.25) is 0 Å². The average molecular weight is 201 g/mol. The van der Waals surface area contributed by atoms with Crippen molar-refractivity contribution >= 4 is 0 Å². The molecular formula is C11H27N3. The van der Waals surface area contributed by atoms with Crippen LogP contribution in [-0.2, 0) is 0 Å². The molecule has 1 saturated heterocycles. The second-order valence-corrected chi connectivity index (χ2v) is 5.29. The van der Waals surface area contributed by atoms with Crippen molar-refractivity contribution in [2.75, 3.05) is 14.1 Å². The van der Waals surface area contributed by atoms with Crippen molar-refractivity contribution in [3.63, 3.8) is 0 Å². The monoisotopic (exact) mass is 201 g/mol. The van der Waals surface area contributed by atoms with Crippen molar-refractivity contribution in [1.29, 1.82) is 0 Å². The third kappa shape index (κ3) is 4.40. The zero-order valence-corrected chi connectivity index (χ0v) is 10.6. The van der Waals surface area contributed by atoms with Gasteiger partial charge in [-0.3, -0.25) is 0 Å². The molecule has 3 nitrogen and oxygen atoms in total. The largest absolute Gasteiger partial charge is 0.333 e. The second-order valence-electron chi connectivity index (χ2n) is 5.29. The van der Waals surface area contributed by atoms with Gasteiger partial charge in [0.25, 0.3) is 0 Å². The van der Waals surface area contributed by atoms with Crippen LogP contribution in [0.4, 0.5) is 0 Å². The molecule has 0 atom stereocenters. The lowest BCUT2D eigenvalue weighted by molar-refractivity contribution is 0.150. The predicted molar refractivity (Wildman–Crippen MR) is 63.5 cm³/mol. The van der Waals surface area contributed by atoms with E-state index in [0.29, 0.717) is 6.04 Å². The Bertz CT molecular complexity index is 148. The minimum atomic E-state index is 0.273. The lowest BCUT2D eigenvalue weighted by Crippen LogP contribution is -2.61. The Morgan fingerprint density at radius 1 is 1.07 bits per heavy atom. The van der Waals surface area contributed by atoms with E-state index in [-0.39, 0.29) is 11.1 Å². The maximum atomic E-state index is 4.50. The smallest absolute Gasteiger partial charge is 0.0144 e. The van der Waals surface area contributed by atoms with E-state index in [1.54, 1.807) is 0 Å². The van der Waals surface area contributed by atoms with E-state index in [0.717, 1.165) is 0 Å². The van der Waals surface area contributed by atoms with Gasteiger partial charge in [-0.2, -0.15) is 0 Å². The molecule has 86 valence electrons. The first kappa shape index (κ1) is 13.9. The van der Waals surface area contributed by atoms with Crippen LogP contribution in [0, 0.1) is 0 Å². The van der Waals surface area contributed by atoms with Gasteiger partial charge in [-0.15, -0.1) is 0 Å². The number of nitrogens with two attached hydrogens (primary N) is 1. The molecule has 1 aliphatic rings. The highest BCUT2D eigenvalue weighted by Gasteiger charge is 2.36. The molecule has 0 saturated carbocycles. The Morgan fingerprint density at radius 3 is 1.71 bits per heavy atom. The normalized spacial score (nSPS) is 25.1. The number of nitrogens with one attached hydrogen (secondary N) is 2. The number of rotatable bonds is 1. The van der Waals surface area contributed by atoms with Crippen LogP contribution >= 0.6 is 0 Å². The third-order valence-electron chi connectivity index (χ3n) is 2.60. The molecule has 14 heavy (non-hydrogen) atoms. The van der Waals surface area contributed by atoms with Gasteiger partial charge in [0.2, 0.25) is 0 Å². The fraction of sp³-hybridized carbons (Fsp3) is 1.00. The van der Waals surface area contributed by atoms with Gasteiger partial charge in [-0.25, -0.2) is 0 Å². The summed E-state index contributed by atoms with van der Waals surface area (Å²) in [6, 6.07) is 0.663. The fourth-order valence-corrected chi connectivity index (χ4v) is 2.53. The van der Waals surface area contributed by atoms with E-state index in [2.05, 4.69) is 51.1 Å². The van der Waals surface area contributed by atoms with E-state index in [1.165, 1.54) is 19.9 Å². The topological polar surface area (TPSA) is 50.1 Å². The Morgan fingerprint density at radius 2 is 1.43 bits per heavy atom. The van der Waals surface area contributed by atoms with Crippen molar-refractivity contribution in [1.82, 2.24) is 10.6 Å². The highest BCUT2D eigenvalue weighted by Crippen LogP contribution is 2.27. The summed E-state index contributed by atoms with van der Waals surface area (Å²) in [5.41, 5.74) is 5.05. The molecule has 0 spiro atoms. The number of hydrogen-bond donors (Lipinski definition) is 3. The highest BCUT2D eigenvalue weighted by atomic mass is 15.1. The molecule has 1 aliphatic heterocycles. The van der Waals surface area contributed by atoms with Crippen molar-refractivity contribution < 1.29 is 0 Å². The van der Waals surface area contributed by atoms with E-state index >= 15 is 0 Å². The van der Waals surface area contributed by atoms with Gasteiger partial charge < -0.3 is 16.4 Å². The highest BCUT2D eigenvalue weighted by molar-refractivity contribution is 4.98. The van der Waals surface area contributed by atoms with Crippen LogP contribution in [0.5, 0.6) is 0 Å². The van der Waals surface area contributed by atoms with E-state index in [9.17, 15) is 0 Å². The molecule has 0 amide bonds. The first-order valence-corrected chi connectivity index (χ1v) is 5.39. The Labute approximate surface area is 88.8 Å². The molecule has 0 aromatic carbocycles. The molecular weight excluding hydrogens is 174 g/mol. The molecule has 1 heterocycles. The van der Waals surface area contributed by atoms with Crippen LogP contribution in [0.15, 0.2) is 0 Å². The lowest BCUT2D eigenvalue weighted by Gasteiger charge is -2.46. The maximum Gasteiger partial charge on any atom is 0.0144 e. The molecule has 1 rings (SSSR count). The number of hydrogen-bond acceptors (Lipinski definition) is 3. The van der Waals surface area contributed by atoms with Crippen molar-refractivity contribution in [3.8, 4) is 0 Å². The first-order valence-electron chi connectivity index (χ1n) is 5.39. The van der Waals surface area contributed by atoms with Crippen LogP contribution in [-0.4, -0.2) is 31.2 Å². The Balaban J connectivity index is 0.000000791. The minimum absolute atomic E-state index is 0.273. The standard InChI is InChI=1S/C10H22N2.CH5N/c1-9(2)6-8(11-5)7-10(3,4)12-9;1-2/h8,11-12H,6-7H2,1-5H3;2H2,1H3. The molecule has 0 aromatic heterocycles. The van der Waals surface area contributed by atoms with Gasteiger partial charge in [0.15, 0.2) is 0 Å². The summed E-state index contributed by atoms with van der Waals surface area (Å²) in [5.74, 6) is 0. The summed E-state index contributed by atoms with van der Waals surface area (Å²) < 4.78 is 0. The van der Waals surface area contributed by atoms with Gasteiger partial charge in [-0.05, 0) is 54.6 Å². The summed E-state index contributed by atoms with van der Waals surface area (Å²) >= 11 is 0. The van der Waals surface area contributed by atoms with Crippen molar-refractivity contribution in [3.05, 3.63) is 0 Å². The molecule has 0 unspecified atom stereocenters. The summed E-state index contributed by atoms with van der Waals surface area (Å²) in [4.78, 5) is 0. The average Bonchev–Trinajstić information content (AvgIpc) is 2.02. The Kier molecular flexibility index (Phi) is 5.06. The van der Waals surface area contributed by atoms with Crippen LogP contribution in [0.1, 0.15) is 40.5 Å². The van der Waals surface area contributed by atoms with Crippen molar-refractivity contribution in [2.24, 2.45) is 5.73 Å². The lowest BCUT2D eigenvalue weighted by atomic mass is 9.80. The van der Waals surface area contributed by atoms with Gasteiger partial charge in [0, 0.05) is 17.1 Å². The second kappa shape index (κ2) is 5.10.